The van der Waals surface area contributed by atoms with Gasteiger partial charge in [-0.15, -0.1) is 0 Å². The highest BCUT2D eigenvalue weighted by atomic mass is 35.5. The number of likely N-dealkylation sites (N-methyl/N-ethyl adjacent to an activating group) is 1. The summed E-state index contributed by atoms with van der Waals surface area (Å²) in [6.07, 6.45) is 3.97. The second kappa shape index (κ2) is 6.08. The van der Waals surface area contributed by atoms with Crippen molar-refractivity contribution in [1.29, 1.82) is 0 Å². The van der Waals surface area contributed by atoms with Crippen LogP contribution in [0.1, 0.15) is 6.92 Å². The van der Waals surface area contributed by atoms with Crippen LogP contribution in [0.15, 0.2) is 41.6 Å². The van der Waals surface area contributed by atoms with E-state index in [2.05, 4.69) is 0 Å². The van der Waals surface area contributed by atoms with Crippen LogP contribution in [0, 0.1) is 0 Å². The Balaban J connectivity index is 2.10. The maximum Gasteiger partial charge on any atom is 0.156 e. The molecule has 1 aliphatic heterocycles. The summed E-state index contributed by atoms with van der Waals surface area (Å²) in [6, 6.07) is 5.29. The maximum absolute atomic E-state index is 6.18. The SMILES string of the molecule is CC1=CC(COc2c(Cl)cccc2Cl)=CN(C)C1Cl. The Bertz CT molecular complexity index is 519. The second-order valence-corrected chi connectivity index (χ2v) is 5.66. The predicted molar refractivity (Wildman–Crippen MR) is 81.2 cm³/mol. The Morgan fingerprint density at radius 3 is 2.47 bits per heavy atom. The molecule has 0 aromatic heterocycles. The normalized spacial score (nSPS) is 19.0. The smallest absolute Gasteiger partial charge is 0.156 e. The van der Waals surface area contributed by atoms with Crippen LogP contribution >= 0.6 is 34.8 Å². The molecule has 0 spiro atoms. The van der Waals surface area contributed by atoms with Crippen LogP contribution in [0.5, 0.6) is 5.75 Å². The van der Waals surface area contributed by atoms with Gasteiger partial charge in [-0.3, -0.25) is 0 Å². The van der Waals surface area contributed by atoms with Crippen LogP contribution in [0.25, 0.3) is 0 Å². The lowest BCUT2D eigenvalue weighted by Gasteiger charge is -2.27. The van der Waals surface area contributed by atoms with E-state index < -0.39 is 0 Å². The van der Waals surface area contributed by atoms with E-state index in [4.69, 9.17) is 39.5 Å². The molecule has 0 aliphatic carbocycles. The zero-order chi connectivity index (χ0) is 14.0. The van der Waals surface area contributed by atoms with Crippen LogP contribution in [0.3, 0.4) is 0 Å². The lowest BCUT2D eigenvalue weighted by Crippen LogP contribution is -2.26. The minimum atomic E-state index is -0.104. The van der Waals surface area contributed by atoms with Crippen LogP contribution < -0.4 is 4.74 Å². The van der Waals surface area contributed by atoms with Crippen molar-refractivity contribution in [2.45, 2.75) is 12.4 Å². The molecule has 0 radical (unpaired) electrons. The van der Waals surface area contributed by atoms with E-state index in [0.717, 1.165) is 11.1 Å². The van der Waals surface area contributed by atoms with E-state index in [0.29, 0.717) is 22.4 Å². The fourth-order valence-electron chi connectivity index (χ4n) is 1.90. The molecule has 1 aromatic rings. The highest BCUT2D eigenvalue weighted by Gasteiger charge is 2.17. The number of rotatable bonds is 3. The van der Waals surface area contributed by atoms with Crippen molar-refractivity contribution < 1.29 is 4.74 Å². The Morgan fingerprint density at radius 1 is 1.26 bits per heavy atom. The van der Waals surface area contributed by atoms with Crippen molar-refractivity contribution in [3.8, 4) is 5.75 Å². The van der Waals surface area contributed by atoms with E-state index in [1.807, 2.05) is 31.1 Å². The summed E-state index contributed by atoms with van der Waals surface area (Å²) in [5.41, 5.74) is 2.00. The van der Waals surface area contributed by atoms with Crippen molar-refractivity contribution in [2.75, 3.05) is 13.7 Å². The molecule has 0 saturated carbocycles. The van der Waals surface area contributed by atoms with E-state index in [-0.39, 0.29) is 5.50 Å². The number of nitrogens with zero attached hydrogens (tertiary/aromatic N) is 1. The van der Waals surface area contributed by atoms with Gasteiger partial charge in [-0.05, 0) is 24.6 Å². The third kappa shape index (κ3) is 3.38. The molecule has 0 fully saturated rings. The second-order valence-electron chi connectivity index (χ2n) is 4.43. The molecule has 1 atom stereocenters. The number of benzene rings is 1. The summed E-state index contributed by atoms with van der Waals surface area (Å²) in [5, 5.41) is 1.02. The van der Waals surface area contributed by atoms with Crippen LogP contribution in [-0.2, 0) is 0 Å². The third-order valence-electron chi connectivity index (χ3n) is 2.82. The summed E-state index contributed by atoms with van der Waals surface area (Å²) in [6.45, 7) is 2.39. The topological polar surface area (TPSA) is 12.5 Å². The van der Waals surface area contributed by atoms with E-state index in [9.17, 15) is 0 Å². The highest BCUT2D eigenvalue weighted by Crippen LogP contribution is 2.33. The van der Waals surface area contributed by atoms with Gasteiger partial charge >= 0.3 is 0 Å². The minimum absolute atomic E-state index is 0.104. The van der Waals surface area contributed by atoms with Gasteiger partial charge in [-0.1, -0.05) is 46.9 Å². The molecule has 2 rings (SSSR count). The molecule has 0 N–H and O–H groups in total. The molecule has 1 aliphatic rings. The summed E-state index contributed by atoms with van der Waals surface area (Å²) in [4.78, 5) is 1.93. The van der Waals surface area contributed by atoms with Crippen molar-refractivity contribution in [2.24, 2.45) is 0 Å². The molecule has 1 unspecified atom stereocenters. The Labute approximate surface area is 128 Å². The highest BCUT2D eigenvalue weighted by molar-refractivity contribution is 6.37. The minimum Gasteiger partial charge on any atom is -0.486 e. The standard InChI is InChI=1S/C14H14Cl3NO/c1-9-6-10(7-18(2)14(9)17)8-19-13-11(15)4-3-5-12(13)16/h3-7,14H,8H2,1-2H3. The van der Waals surface area contributed by atoms with Gasteiger partial charge in [0, 0.05) is 18.8 Å². The van der Waals surface area contributed by atoms with Crippen molar-refractivity contribution >= 4 is 34.8 Å². The first-order chi connectivity index (χ1) is 8.99. The number of halogens is 3. The van der Waals surface area contributed by atoms with Gasteiger partial charge < -0.3 is 9.64 Å². The Hall–Kier alpha value is -0.830. The van der Waals surface area contributed by atoms with Gasteiger partial charge in [0.25, 0.3) is 0 Å². The zero-order valence-electron chi connectivity index (χ0n) is 10.7. The number of hydrogen-bond donors (Lipinski definition) is 0. The first-order valence-corrected chi connectivity index (χ1v) is 7.00. The van der Waals surface area contributed by atoms with Crippen LogP contribution in [0.2, 0.25) is 10.0 Å². The average molecular weight is 319 g/mol. The Kier molecular flexibility index (Phi) is 4.67. The van der Waals surface area contributed by atoms with Crippen molar-refractivity contribution in [1.82, 2.24) is 4.90 Å². The molecular weight excluding hydrogens is 305 g/mol. The molecule has 1 aromatic carbocycles. The van der Waals surface area contributed by atoms with Crippen molar-refractivity contribution in [3.63, 3.8) is 0 Å². The van der Waals surface area contributed by atoms with Gasteiger partial charge in [0.05, 0.1) is 10.0 Å². The molecule has 1 heterocycles. The van der Waals surface area contributed by atoms with E-state index in [1.54, 1.807) is 18.2 Å². The lowest BCUT2D eigenvalue weighted by atomic mass is 10.1. The third-order valence-corrected chi connectivity index (χ3v) is 4.07. The van der Waals surface area contributed by atoms with E-state index in [1.165, 1.54) is 0 Å². The molecule has 19 heavy (non-hydrogen) atoms. The molecule has 102 valence electrons. The molecule has 2 nitrogen and oxygen atoms in total. The largest absolute Gasteiger partial charge is 0.486 e. The van der Waals surface area contributed by atoms with Crippen LogP contribution in [0.4, 0.5) is 0 Å². The monoisotopic (exact) mass is 317 g/mol. The van der Waals surface area contributed by atoms with Crippen molar-refractivity contribution in [3.05, 3.63) is 51.7 Å². The van der Waals surface area contributed by atoms with E-state index >= 15 is 0 Å². The molecular formula is C14H14Cl3NO. The van der Waals surface area contributed by atoms with Gasteiger partial charge in [0.15, 0.2) is 5.75 Å². The number of para-hydroxylation sites is 1. The number of alkyl halides is 1. The first-order valence-electron chi connectivity index (χ1n) is 5.80. The number of ether oxygens (including phenoxy) is 1. The summed E-state index contributed by atoms with van der Waals surface area (Å²) in [7, 11) is 1.93. The Morgan fingerprint density at radius 2 is 1.89 bits per heavy atom. The first kappa shape index (κ1) is 14.6. The van der Waals surface area contributed by atoms with Gasteiger partial charge in [0.1, 0.15) is 12.1 Å². The summed E-state index contributed by atoms with van der Waals surface area (Å²) in [5.74, 6) is 0.508. The lowest BCUT2D eigenvalue weighted by molar-refractivity contribution is 0.346. The molecule has 0 bridgehead atoms. The average Bonchev–Trinajstić information content (AvgIpc) is 2.35. The fourth-order valence-corrected chi connectivity index (χ4v) is 2.53. The quantitative estimate of drug-likeness (QED) is 0.591. The molecule has 5 heteroatoms. The van der Waals surface area contributed by atoms with Crippen LogP contribution in [-0.4, -0.2) is 24.1 Å². The zero-order valence-corrected chi connectivity index (χ0v) is 12.9. The van der Waals surface area contributed by atoms with Gasteiger partial charge in [-0.25, -0.2) is 0 Å². The van der Waals surface area contributed by atoms with Gasteiger partial charge in [-0.2, -0.15) is 0 Å². The van der Waals surface area contributed by atoms with Gasteiger partial charge in [0.2, 0.25) is 0 Å². The fraction of sp³-hybridized carbons (Fsp3) is 0.286. The number of hydrogen-bond acceptors (Lipinski definition) is 2. The maximum atomic E-state index is 6.18. The molecule has 0 saturated heterocycles. The summed E-state index contributed by atoms with van der Waals surface area (Å²) < 4.78 is 5.69. The predicted octanol–water partition coefficient (Wildman–Crippen LogP) is 4.71. The molecule has 0 amide bonds. The summed E-state index contributed by atoms with van der Waals surface area (Å²) >= 11 is 18.3.